The van der Waals surface area contributed by atoms with Crippen molar-refractivity contribution in [2.24, 2.45) is 0 Å². The van der Waals surface area contributed by atoms with Gasteiger partial charge in [-0.15, -0.1) is 0 Å². The van der Waals surface area contributed by atoms with Crippen molar-refractivity contribution in [2.45, 2.75) is 37.8 Å². The molecular formula is C26H26N4O4. The highest BCUT2D eigenvalue weighted by Gasteiger charge is 2.59. The van der Waals surface area contributed by atoms with Crippen molar-refractivity contribution in [3.8, 4) is 0 Å². The molecule has 0 bridgehead atoms. The molecule has 0 spiro atoms. The standard InChI is InChI=1S/C26H26N4O4/c1-26-22-20(19-9-2-3-10-21(19)28-22)11-12-29(26)25(33)30(24(26)32)17-7-4-6-16(14-17)23(31)27-15-18-8-5-13-34-18/h2-4,6-7,9-10,14,18,28H,5,8,11-13,15H2,1H3,(H,27,31)/t18-,26+/m1/s1. The van der Waals surface area contributed by atoms with Crippen molar-refractivity contribution in [1.82, 2.24) is 15.2 Å². The molecule has 3 aliphatic rings. The van der Waals surface area contributed by atoms with Crippen LogP contribution in [0, 0.1) is 0 Å². The van der Waals surface area contributed by atoms with Gasteiger partial charge in [0.05, 0.1) is 17.5 Å². The van der Waals surface area contributed by atoms with E-state index in [-0.39, 0.29) is 23.9 Å². The van der Waals surface area contributed by atoms with E-state index >= 15 is 0 Å². The molecule has 0 saturated carbocycles. The third-order valence-corrected chi connectivity index (χ3v) is 7.35. The van der Waals surface area contributed by atoms with Crippen LogP contribution in [0.1, 0.15) is 41.4 Å². The van der Waals surface area contributed by atoms with Gasteiger partial charge in [0.15, 0.2) is 5.54 Å². The van der Waals surface area contributed by atoms with Crippen molar-refractivity contribution in [3.63, 3.8) is 0 Å². The maximum absolute atomic E-state index is 13.8. The zero-order valence-corrected chi connectivity index (χ0v) is 19.0. The average Bonchev–Trinajstić information content (AvgIpc) is 3.55. The van der Waals surface area contributed by atoms with Gasteiger partial charge in [0.25, 0.3) is 11.8 Å². The van der Waals surface area contributed by atoms with Crippen molar-refractivity contribution in [2.75, 3.05) is 24.6 Å². The minimum Gasteiger partial charge on any atom is -0.376 e. The van der Waals surface area contributed by atoms with E-state index in [9.17, 15) is 14.4 Å². The Labute approximate surface area is 196 Å². The average molecular weight is 459 g/mol. The van der Waals surface area contributed by atoms with Crippen LogP contribution in [-0.4, -0.2) is 53.5 Å². The second-order valence-electron chi connectivity index (χ2n) is 9.32. The summed E-state index contributed by atoms with van der Waals surface area (Å²) in [7, 11) is 0. The molecule has 2 atom stereocenters. The van der Waals surface area contributed by atoms with E-state index in [0.717, 1.165) is 41.6 Å². The molecule has 4 amide bonds. The number of nitrogens with one attached hydrogen (secondary N) is 2. The lowest BCUT2D eigenvalue weighted by Gasteiger charge is -2.35. The molecular weight excluding hydrogens is 432 g/mol. The number of aromatic amines is 1. The van der Waals surface area contributed by atoms with E-state index in [2.05, 4.69) is 10.3 Å². The lowest BCUT2D eigenvalue weighted by Crippen LogP contribution is -2.49. The quantitative estimate of drug-likeness (QED) is 0.587. The van der Waals surface area contributed by atoms with Gasteiger partial charge in [-0.05, 0) is 56.0 Å². The zero-order valence-electron chi connectivity index (χ0n) is 19.0. The van der Waals surface area contributed by atoms with Crippen LogP contribution in [0.3, 0.4) is 0 Å². The lowest BCUT2D eigenvalue weighted by molar-refractivity contribution is -0.125. The van der Waals surface area contributed by atoms with Crippen molar-refractivity contribution in [3.05, 3.63) is 65.4 Å². The number of anilines is 1. The fourth-order valence-electron chi connectivity index (χ4n) is 5.52. The molecule has 0 unspecified atom stereocenters. The molecule has 1 aromatic heterocycles. The molecule has 8 nitrogen and oxygen atoms in total. The SMILES string of the molecule is C[C@]12C(=O)N(c3cccc(C(=O)NC[C@H]4CCCO4)c3)C(=O)N1CCc1c2[nH]c2ccccc12. The number of amides is 4. The van der Waals surface area contributed by atoms with Gasteiger partial charge in [0, 0.05) is 36.2 Å². The second kappa shape index (κ2) is 7.70. The maximum atomic E-state index is 13.8. The van der Waals surface area contributed by atoms with Crippen molar-refractivity contribution in [1.29, 1.82) is 0 Å². The Kier molecular flexibility index (Phi) is 4.74. The van der Waals surface area contributed by atoms with E-state index in [1.807, 2.05) is 24.3 Å². The minimum atomic E-state index is -1.12. The predicted octanol–water partition coefficient (Wildman–Crippen LogP) is 3.32. The number of aromatic nitrogens is 1. The summed E-state index contributed by atoms with van der Waals surface area (Å²) < 4.78 is 5.57. The highest BCUT2D eigenvalue weighted by Crippen LogP contribution is 2.45. The number of imide groups is 1. The zero-order chi connectivity index (χ0) is 23.4. The fourth-order valence-corrected chi connectivity index (χ4v) is 5.52. The van der Waals surface area contributed by atoms with Gasteiger partial charge < -0.3 is 19.9 Å². The van der Waals surface area contributed by atoms with Crippen LogP contribution in [0.15, 0.2) is 48.5 Å². The number of benzene rings is 2. The summed E-state index contributed by atoms with van der Waals surface area (Å²) in [5.74, 6) is -0.569. The number of hydrogen-bond donors (Lipinski definition) is 2. The Morgan fingerprint density at radius 2 is 2.06 bits per heavy atom. The van der Waals surface area contributed by atoms with Gasteiger partial charge in [-0.25, -0.2) is 9.69 Å². The van der Waals surface area contributed by atoms with E-state index in [1.54, 1.807) is 36.1 Å². The summed E-state index contributed by atoms with van der Waals surface area (Å²) in [6.07, 6.45) is 2.65. The number of para-hydroxylation sites is 1. The summed E-state index contributed by atoms with van der Waals surface area (Å²) >= 11 is 0. The molecule has 2 N–H and O–H groups in total. The van der Waals surface area contributed by atoms with E-state index < -0.39 is 5.54 Å². The summed E-state index contributed by atoms with van der Waals surface area (Å²) in [5.41, 5.74) is 2.48. The third kappa shape index (κ3) is 2.98. The number of carbonyl (C=O) groups is 3. The summed E-state index contributed by atoms with van der Waals surface area (Å²) in [5, 5.41) is 3.98. The van der Waals surface area contributed by atoms with Gasteiger partial charge in [0.1, 0.15) is 0 Å². The molecule has 2 aromatic carbocycles. The highest BCUT2D eigenvalue weighted by atomic mass is 16.5. The van der Waals surface area contributed by atoms with Crippen molar-refractivity contribution < 1.29 is 19.1 Å². The molecule has 0 aliphatic carbocycles. The Morgan fingerprint density at radius 3 is 2.88 bits per heavy atom. The van der Waals surface area contributed by atoms with Gasteiger partial charge in [0.2, 0.25) is 0 Å². The van der Waals surface area contributed by atoms with Gasteiger partial charge in [-0.2, -0.15) is 0 Å². The number of carbonyl (C=O) groups excluding carboxylic acids is 3. The number of fused-ring (bicyclic) bond motifs is 5. The van der Waals surface area contributed by atoms with E-state index in [4.69, 9.17) is 4.74 Å². The molecule has 8 heteroatoms. The van der Waals surface area contributed by atoms with Crippen LogP contribution < -0.4 is 10.2 Å². The monoisotopic (exact) mass is 458 g/mol. The number of urea groups is 1. The first kappa shape index (κ1) is 20.9. The van der Waals surface area contributed by atoms with Crippen LogP contribution >= 0.6 is 0 Å². The largest absolute Gasteiger partial charge is 0.376 e. The normalized spacial score (nSPS) is 24.0. The first-order valence-corrected chi connectivity index (χ1v) is 11.7. The molecule has 2 fully saturated rings. The van der Waals surface area contributed by atoms with E-state index in [0.29, 0.717) is 30.8 Å². The smallest absolute Gasteiger partial charge is 0.332 e. The maximum Gasteiger partial charge on any atom is 0.332 e. The second-order valence-corrected chi connectivity index (χ2v) is 9.32. The van der Waals surface area contributed by atoms with Crippen LogP contribution in [0.4, 0.5) is 10.5 Å². The molecule has 6 rings (SSSR count). The number of nitrogens with zero attached hydrogens (tertiary/aromatic N) is 2. The Hall–Kier alpha value is -3.65. The number of hydrogen-bond acceptors (Lipinski definition) is 4. The van der Waals surface area contributed by atoms with Crippen molar-refractivity contribution >= 4 is 34.4 Å². The predicted molar refractivity (Wildman–Crippen MR) is 127 cm³/mol. The van der Waals surface area contributed by atoms with Crippen LogP contribution in [0.5, 0.6) is 0 Å². The summed E-state index contributed by atoms with van der Waals surface area (Å²) in [6.45, 7) is 3.43. The van der Waals surface area contributed by atoms with Crippen LogP contribution in [-0.2, 0) is 21.5 Å². The molecule has 174 valence electrons. The first-order valence-electron chi connectivity index (χ1n) is 11.7. The van der Waals surface area contributed by atoms with Gasteiger partial charge in [-0.1, -0.05) is 24.3 Å². The molecule has 0 radical (unpaired) electrons. The Balaban J connectivity index is 1.32. The molecule has 4 heterocycles. The number of ether oxygens (including phenoxy) is 1. The molecule has 34 heavy (non-hydrogen) atoms. The number of H-pyrrole nitrogens is 1. The Bertz CT molecular complexity index is 1330. The van der Waals surface area contributed by atoms with Crippen LogP contribution in [0.2, 0.25) is 0 Å². The summed E-state index contributed by atoms with van der Waals surface area (Å²) in [4.78, 5) is 46.3. The highest BCUT2D eigenvalue weighted by molar-refractivity contribution is 6.24. The lowest BCUT2D eigenvalue weighted by atomic mass is 9.87. The minimum absolute atomic E-state index is 0.0373. The van der Waals surface area contributed by atoms with E-state index in [1.165, 1.54) is 4.90 Å². The topological polar surface area (TPSA) is 94.7 Å². The first-order chi connectivity index (χ1) is 16.5. The molecule has 3 aliphatic heterocycles. The summed E-state index contributed by atoms with van der Waals surface area (Å²) in [6, 6.07) is 14.3. The van der Waals surface area contributed by atoms with Crippen LogP contribution in [0.25, 0.3) is 10.9 Å². The molecule has 3 aromatic rings. The fraction of sp³-hybridized carbons (Fsp3) is 0.346. The van der Waals surface area contributed by atoms with Gasteiger partial charge in [-0.3, -0.25) is 9.59 Å². The number of rotatable bonds is 4. The molecule has 2 saturated heterocycles. The Morgan fingerprint density at radius 1 is 1.21 bits per heavy atom. The van der Waals surface area contributed by atoms with Gasteiger partial charge >= 0.3 is 6.03 Å². The third-order valence-electron chi connectivity index (χ3n) is 7.35.